The number of para-hydroxylation sites is 1. The Morgan fingerprint density at radius 1 is 0.921 bits per heavy atom. The predicted molar refractivity (Wildman–Crippen MR) is 136 cm³/mol. The van der Waals surface area contributed by atoms with E-state index in [1.807, 2.05) is 25.1 Å². The number of fused-ring (bicyclic) bond motifs is 4. The molecule has 1 aliphatic heterocycles. The number of nitrogens with one attached hydrogen (secondary N) is 1. The average Bonchev–Trinajstić information content (AvgIpc) is 2.87. The molecule has 3 heterocycles. The summed E-state index contributed by atoms with van der Waals surface area (Å²) < 4.78 is 11.3. The van der Waals surface area contributed by atoms with Gasteiger partial charge in [-0.1, -0.05) is 18.2 Å². The number of pyridine rings is 1. The first-order valence-electron chi connectivity index (χ1n) is 11.5. The van der Waals surface area contributed by atoms with Crippen LogP contribution < -0.4 is 15.7 Å². The number of aromatic hydroxyl groups is 4. The van der Waals surface area contributed by atoms with Gasteiger partial charge in [0.25, 0.3) is 5.56 Å². The van der Waals surface area contributed by atoms with E-state index < -0.39 is 45.9 Å². The molecule has 2 aromatic heterocycles. The summed E-state index contributed by atoms with van der Waals surface area (Å²) in [6.07, 6.45) is -0.257. The molecule has 0 saturated heterocycles. The van der Waals surface area contributed by atoms with Gasteiger partial charge >= 0.3 is 5.97 Å². The van der Waals surface area contributed by atoms with Crippen molar-refractivity contribution in [1.82, 2.24) is 4.98 Å². The van der Waals surface area contributed by atoms with E-state index in [-0.39, 0.29) is 45.6 Å². The number of benzene rings is 3. The summed E-state index contributed by atoms with van der Waals surface area (Å²) in [5.41, 5.74) is 0.290. The number of hydrogen-bond donors (Lipinski definition) is 5. The highest BCUT2D eigenvalue weighted by Crippen LogP contribution is 2.47. The summed E-state index contributed by atoms with van der Waals surface area (Å²) in [5, 5.41) is 41.2. The van der Waals surface area contributed by atoms with Crippen LogP contribution in [-0.2, 0) is 4.79 Å². The Balaban J connectivity index is 1.69. The van der Waals surface area contributed by atoms with Crippen LogP contribution in [0.2, 0.25) is 0 Å². The summed E-state index contributed by atoms with van der Waals surface area (Å²) in [6, 6.07) is 11.8. The molecule has 5 aromatic rings. The van der Waals surface area contributed by atoms with Gasteiger partial charge in [-0.25, -0.2) is 0 Å². The summed E-state index contributed by atoms with van der Waals surface area (Å²) in [6.45, 7) is 1.85. The van der Waals surface area contributed by atoms with E-state index in [0.29, 0.717) is 5.52 Å². The van der Waals surface area contributed by atoms with Crippen LogP contribution in [-0.4, -0.2) is 31.4 Å². The Morgan fingerprint density at radius 2 is 1.71 bits per heavy atom. The third kappa shape index (κ3) is 3.38. The molecule has 3 aromatic carbocycles. The van der Waals surface area contributed by atoms with Crippen molar-refractivity contribution in [2.75, 3.05) is 0 Å². The molecule has 5 N–H and O–H groups in total. The summed E-state index contributed by atoms with van der Waals surface area (Å²) >= 11 is 0. The lowest BCUT2D eigenvalue weighted by Crippen LogP contribution is -2.26. The van der Waals surface area contributed by atoms with Gasteiger partial charge in [0, 0.05) is 28.7 Å². The number of rotatable bonds is 2. The molecule has 0 radical (unpaired) electrons. The summed E-state index contributed by atoms with van der Waals surface area (Å²) in [4.78, 5) is 41.9. The Morgan fingerprint density at radius 3 is 2.47 bits per heavy atom. The molecular formula is C28H19NO9. The quantitative estimate of drug-likeness (QED) is 0.134. The van der Waals surface area contributed by atoms with Crippen molar-refractivity contribution in [2.24, 2.45) is 0 Å². The highest BCUT2D eigenvalue weighted by Gasteiger charge is 2.36. The van der Waals surface area contributed by atoms with Gasteiger partial charge in [-0.2, -0.15) is 0 Å². The van der Waals surface area contributed by atoms with Crippen molar-refractivity contribution >= 4 is 27.8 Å². The average molecular weight is 513 g/mol. The van der Waals surface area contributed by atoms with Crippen LogP contribution in [0.4, 0.5) is 0 Å². The van der Waals surface area contributed by atoms with Crippen LogP contribution in [0.5, 0.6) is 28.7 Å². The zero-order chi connectivity index (χ0) is 26.9. The highest BCUT2D eigenvalue weighted by atomic mass is 16.5. The maximum Gasteiger partial charge on any atom is 0.312 e. The Kier molecular flexibility index (Phi) is 4.96. The molecule has 0 spiro atoms. The number of aromatic nitrogens is 1. The molecule has 190 valence electrons. The maximum atomic E-state index is 13.2. The van der Waals surface area contributed by atoms with Gasteiger partial charge in [0.15, 0.2) is 17.3 Å². The molecule has 6 rings (SSSR count). The van der Waals surface area contributed by atoms with Crippen molar-refractivity contribution in [2.45, 2.75) is 19.3 Å². The van der Waals surface area contributed by atoms with E-state index in [9.17, 15) is 34.8 Å². The molecule has 0 unspecified atom stereocenters. The fourth-order valence-corrected chi connectivity index (χ4v) is 4.97. The van der Waals surface area contributed by atoms with E-state index in [0.717, 1.165) is 29.1 Å². The summed E-state index contributed by atoms with van der Waals surface area (Å²) in [5.74, 6) is -4.43. The minimum atomic E-state index is -0.979. The lowest BCUT2D eigenvalue weighted by molar-refractivity contribution is -0.135. The first-order valence-corrected chi connectivity index (χ1v) is 11.5. The second-order valence-electron chi connectivity index (χ2n) is 9.15. The second kappa shape index (κ2) is 8.13. The second-order valence-corrected chi connectivity index (χ2v) is 9.15. The zero-order valence-corrected chi connectivity index (χ0v) is 19.7. The molecule has 1 atom stereocenters. The number of carbonyl (C=O) groups excluding carboxylic acids is 1. The number of ether oxygens (including phenoxy) is 1. The largest absolute Gasteiger partial charge is 0.507 e. The number of aromatic amines is 1. The van der Waals surface area contributed by atoms with Crippen molar-refractivity contribution in [1.29, 1.82) is 0 Å². The number of aryl methyl sites for hydroxylation is 1. The molecular weight excluding hydrogens is 494 g/mol. The maximum absolute atomic E-state index is 13.2. The van der Waals surface area contributed by atoms with Gasteiger partial charge in [-0.15, -0.1) is 0 Å². The van der Waals surface area contributed by atoms with Crippen LogP contribution in [0.3, 0.4) is 0 Å². The van der Waals surface area contributed by atoms with Crippen molar-refractivity contribution < 1.29 is 34.4 Å². The minimum absolute atomic E-state index is 0.0530. The number of hydrogen-bond acceptors (Lipinski definition) is 9. The lowest BCUT2D eigenvalue weighted by atomic mass is 9.85. The van der Waals surface area contributed by atoms with Gasteiger partial charge in [0.2, 0.25) is 11.2 Å². The number of carbonyl (C=O) groups is 1. The third-order valence-electron chi connectivity index (χ3n) is 6.80. The molecule has 0 bridgehead atoms. The molecule has 0 amide bonds. The number of H-pyrrole nitrogens is 1. The van der Waals surface area contributed by atoms with Crippen LogP contribution in [0.15, 0.2) is 62.5 Å². The number of esters is 1. The molecule has 10 heteroatoms. The van der Waals surface area contributed by atoms with Crippen LogP contribution in [0.25, 0.3) is 33.2 Å². The van der Waals surface area contributed by atoms with Crippen molar-refractivity contribution in [3.8, 4) is 40.1 Å². The molecule has 1 aliphatic rings. The van der Waals surface area contributed by atoms with E-state index in [2.05, 4.69) is 4.98 Å². The third-order valence-corrected chi connectivity index (χ3v) is 6.80. The summed E-state index contributed by atoms with van der Waals surface area (Å²) in [7, 11) is 0. The standard InChI is InChI=1S/C28H19NO9/c1-11-3-2-4-12-7-15(28(36)29-23(11)12)14-9-20(33)37-19-10-18(32)22-24(34)25(35)26(38-27(22)21(14)19)13-5-6-16(30)17(31)8-13/h2-8,10,14,30-32,35H,9H2,1H3,(H,29,36)/t14-/m1/s1. The highest BCUT2D eigenvalue weighted by molar-refractivity contribution is 5.94. The molecule has 38 heavy (non-hydrogen) atoms. The van der Waals surface area contributed by atoms with E-state index >= 15 is 0 Å². The van der Waals surface area contributed by atoms with Gasteiger partial charge < -0.3 is 34.6 Å². The molecule has 0 saturated carbocycles. The van der Waals surface area contributed by atoms with Gasteiger partial charge in [-0.05, 0) is 42.1 Å². The van der Waals surface area contributed by atoms with Crippen LogP contribution in [0, 0.1) is 6.92 Å². The van der Waals surface area contributed by atoms with E-state index in [4.69, 9.17) is 9.15 Å². The Hall–Kier alpha value is -5.25. The van der Waals surface area contributed by atoms with Gasteiger partial charge in [-0.3, -0.25) is 14.4 Å². The lowest BCUT2D eigenvalue weighted by Gasteiger charge is -2.26. The van der Waals surface area contributed by atoms with Gasteiger partial charge in [0.05, 0.1) is 11.9 Å². The fraction of sp³-hybridized carbons (Fsp3) is 0.107. The predicted octanol–water partition coefficient (Wildman–Crippen LogP) is 3.87. The van der Waals surface area contributed by atoms with Gasteiger partial charge in [0.1, 0.15) is 22.5 Å². The topological polar surface area (TPSA) is 170 Å². The van der Waals surface area contributed by atoms with Crippen molar-refractivity contribution in [3.63, 3.8) is 0 Å². The van der Waals surface area contributed by atoms with E-state index in [1.165, 1.54) is 6.07 Å². The smallest absolute Gasteiger partial charge is 0.312 e. The zero-order valence-electron chi connectivity index (χ0n) is 19.7. The van der Waals surface area contributed by atoms with Crippen LogP contribution in [0.1, 0.15) is 29.0 Å². The van der Waals surface area contributed by atoms with Crippen molar-refractivity contribution in [3.05, 3.63) is 85.8 Å². The van der Waals surface area contributed by atoms with Crippen LogP contribution >= 0.6 is 0 Å². The molecule has 10 nitrogen and oxygen atoms in total. The normalized spacial score (nSPS) is 15.0. The fourth-order valence-electron chi connectivity index (χ4n) is 4.97. The monoisotopic (exact) mass is 513 g/mol. The van der Waals surface area contributed by atoms with E-state index in [1.54, 1.807) is 6.07 Å². The molecule has 0 aliphatic carbocycles. The minimum Gasteiger partial charge on any atom is -0.507 e. The number of phenols is 3. The first-order chi connectivity index (χ1) is 18.1. The SMILES string of the molecule is Cc1cccc2cc([C@H]3CC(=O)Oc4cc(O)c5c(=O)c(O)c(-c6ccc(O)c(O)c6)oc5c43)c(=O)[nH]c12. The Labute approximate surface area is 212 Å². The Bertz CT molecular complexity index is 1950. The number of phenolic OH excluding ortho intramolecular Hbond substituents is 3. The first kappa shape index (κ1) is 23.2. The molecule has 0 fully saturated rings.